The second-order valence-electron chi connectivity index (χ2n) is 4.96. The molecular formula is C16H13N5OS. The molecule has 0 aliphatic carbocycles. The molecule has 114 valence electrons. The number of fused-ring (bicyclic) bond motifs is 1. The summed E-state index contributed by atoms with van der Waals surface area (Å²) in [6, 6.07) is 11.7. The van der Waals surface area contributed by atoms with Crippen LogP contribution in [0.15, 0.2) is 41.8 Å². The van der Waals surface area contributed by atoms with E-state index in [0.29, 0.717) is 23.4 Å². The topological polar surface area (TPSA) is 76.6 Å². The molecule has 0 saturated carbocycles. The quantitative estimate of drug-likeness (QED) is 0.623. The molecule has 0 bridgehead atoms. The van der Waals surface area contributed by atoms with Crippen LogP contribution in [0.5, 0.6) is 5.88 Å². The molecule has 0 unspecified atom stereocenters. The van der Waals surface area contributed by atoms with Gasteiger partial charge in [-0.25, -0.2) is 9.97 Å². The standard InChI is InChI=1S/C16H13N5OS/c1-10-17-12-6-3-2-5-11(12)16(18-10)22-9-14-19-15(21-20-14)13-7-4-8-23-13/h2-8H,9H2,1H3,(H,19,20,21). The summed E-state index contributed by atoms with van der Waals surface area (Å²) in [6.07, 6.45) is 0. The minimum atomic E-state index is 0.277. The number of nitrogens with one attached hydrogen (secondary N) is 1. The first kappa shape index (κ1) is 13.8. The SMILES string of the molecule is Cc1nc(OCc2nc(-c3cccs3)n[nH]2)c2ccccc2n1. The summed E-state index contributed by atoms with van der Waals surface area (Å²) in [5.41, 5.74) is 0.867. The number of benzene rings is 1. The number of nitrogens with zero attached hydrogens (tertiary/aromatic N) is 4. The minimum absolute atomic E-state index is 0.277. The Balaban J connectivity index is 1.58. The lowest BCUT2D eigenvalue weighted by atomic mass is 10.2. The van der Waals surface area contributed by atoms with Crippen LogP contribution in [0.25, 0.3) is 21.6 Å². The van der Waals surface area contributed by atoms with Crippen molar-refractivity contribution in [2.45, 2.75) is 13.5 Å². The molecule has 0 aliphatic heterocycles. The largest absolute Gasteiger partial charge is 0.469 e. The number of hydrogen-bond donors (Lipinski definition) is 1. The van der Waals surface area contributed by atoms with Gasteiger partial charge in [0.25, 0.3) is 0 Å². The van der Waals surface area contributed by atoms with E-state index in [0.717, 1.165) is 15.8 Å². The highest BCUT2D eigenvalue weighted by atomic mass is 32.1. The van der Waals surface area contributed by atoms with Gasteiger partial charge in [0, 0.05) is 0 Å². The number of aromatic amines is 1. The van der Waals surface area contributed by atoms with E-state index >= 15 is 0 Å². The highest BCUT2D eigenvalue weighted by Gasteiger charge is 2.10. The van der Waals surface area contributed by atoms with Crippen molar-refractivity contribution in [3.05, 3.63) is 53.4 Å². The Morgan fingerprint density at radius 2 is 2.00 bits per heavy atom. The molecular weight excluding hydrogens is 310 g/mol. The van der Waals surface area contributed by atoms with Crippen LogP contribution in [0.1, 0.15) is 11.6 Å². The molecule has 1 N–H and O–H groups in total. The van der Waals surface area contributed by atoms with Gasteiger partial charge in [-0.3, -0.25) is 5.10 Å². The predicted molar refractivity (Wildman–Crippen MR) is 88.3 cm³/mol. The number of thiophene rings is 1. The fourth-order valence-corrected chi connectivity index (χ4v) is 2.94. The van der Waals surface area contributed by atoms with E-state index in [-0.39, 0.29) is 6.61 Å². The van der Waals surface area contributed by atoms with Crippen LogP contribution in [0.3, 0.4) is 0 Å². The molecule has 0 radical (unpaired) electrons. The van der Waals surface area contributed by atoms with E-state index in [2.05, 4.69) is 25.1 Å². The van der Waals surface area contributed by atoms with Crippen molar-refractivity contribution in [1.82, 2.24) is 25.1 Å². The number of hydrogen-bond acceptors (Lipinski definition) is 6. The monoisotopic (exact) mass is 323 g/mol. The molecule has 0 amide bonds. The number of aromatic nitrogens is 5. The van der Waals surface area contributed by atoms with Crippen molar-refractivity contribution >= 4 is 22.2 Å². The normalized spacial score (nSPS) is 11.0. The maximum atomic E-state index is 5.84. The van der Waals surface area contributed by atoms with Crippen LogP contribution in [0.4, 0.5) is 0 Å². The smallest absolute Gasteiger partial charge is 0.225 e. The van der Waals surface area contributed by atoms with E-state index in [9.17, 15) is 0 Å². The van der Waals surface area contributed by atoms with Gasteiger partial charge in [0.1, 0.15) is 12.4 Å². The first-order valence-electron chi connectivity index (χ1n) is 7.11. The zero-order valence-corrected chi connectivity index (χ0v) is 13.2. The van der Waals surface area contributed by atoms with E-state index < -0.39 is 0 Å². The molecule has 4 aromatic rings. The summed E-state index contributed by atoms with van der Waals surface area (Å²) in [6.45, 7) is 2.13. The molecule has 0 atom stereocenters. The average Bonchev–Trinajstić information content (AvgIpc) is 3.23. The Hall–Kier alpha value is -2.80. The van der Waals surface area contributed by atoms with E-state index in [1.807, 2.05) is 48.7 Å². The van der Waals surface area contributed by atoms with Gasteiger partial charge in [-0.1, -0.05) is 18.2 Å². The zero-order valence-electron chi connectivity index (χ0n) is 12.4. The molecule has 0 spiro atoms. The summed E-state index contributed by atoms with van der Waals surface area (Å²) in [5.74, 6) is 2.58. The van der Waals surface area contributed by atoms with Crippen LogP contribution < -0.4 is 4.74 Å². The lowest BCUT2D eigenvalue weighted by molar-refractivity contribution is 0.287. The molecule has 23 heavy (non-hydrogen) atoms. The van der Waals surface area contributed by atoms with Crippen LogP contribution >= 0.6 is 11.3 Å². The second kappa shape index (κ2) is 5.77. The summed E-state index contributed by atoms with van der Waals surface area (Å²) in [4.78, 5) is 14.3. The molecule has 4 rings (SSSR count). The van der Waals surface area contributed by atoms with Gasteiger partial charge < -0.3 is 4.74 Å². The van der Waals surface area contributed by atoms with Gasteiger partial charge in [0.2, 0.25) is 5.88 Å². The highest BCUT2D eigenvalue weighted by Crippen LogP contribution is 2.23. The van der Waals surface area contributed by atoms with E-state index in [4.69, 9.17) is 4.74 Å². The molecule has 3 heterocycles. The number of rotatable bonds is 4. The van der Waals surface area contributed by atoms with E-state index in [1.165, 1.54) is 0 Å². The van der Waals surface area contributed by atoms with E-state index in [1.54, 1.807) is 11.3 Å². The van der Waals surface area contributed by atoms with Gasteiger partial charge in [-0.05, 0) is 30.5 Å². The van der Waals surface area contributed by atoms with Crippen molar-refractivity contribution in [1.29, 1.82) is 0 Å². The Kier molecular flexibility index (Phi) is 3.47. The van der Waals surface area contributed by atoms with Crippen LogP contribution in [-0.2, 0) is 6.61 Å². The molecule has 6 nitrogen and oxygen atoms in total. The third-order valence-corrected chi connectivity index (χ3v) is 4.16. The molecule has 3 aromatic heterocycles. The van der Waals surface area contributed by atoms with Gasteiger partial charge in [0.05, 0.1) is 15.8 Å². The number of ether oxygens (including phenoxy) is 1. The van der Waals surface area contributed by atoms with Crippen LogP contribution in [0, 0.1) is 6.92 Å². The Labute approximate surface area is 136 Å². The summed E-state index contributed by atoms with van der Waals surface area (Å²) in [5, 5.41) is 10.00. The van der Waals surface area contributed by atoms with Gasteiger partial charge in [-0.2, -0.15) is 10.1 Å². The molecule has 1 aromatic carbocycles. The van der Waals surface area contributed by atoms with Crippen molar-refractivity contribution in [3.63, 3.8) is 0 Å². The van der Waals surface area contributed by atoms with Crippen LogP contribution in [0.2, 0.25) is 0 Å². The summed E-state index contributed by atoms with van der Waals surface area (Å²) in [7, 11) is 0. The maximum absolute atomic E-state index is 5.84. The Bertz CT molecular complexity index is 948. The average molecular weight is 323 g/mol. The third-order valence-electron chi connectivity index (χ3n) is 3.30. The molecule has 7 heteroatoms. The summed E-state index contributed by atoms with van der Waals surface area (Å²) < 4.78 is 5.84. The molecule has 0 fully saturated rings. The lowest BCUT2D eigenvalue weighted by Gasteiger charge is -2.07. The Morgan fingerprint density at radius 3 is 2.87 bits per heavy atom. The minimum Gasteiger partial charge on any atom is -0.469 e. The van der Waals surface area contributed by atoms with Crippen molar-refractivity contribution in [2.75, 3.05) is 0 Å². The molecule has 0 aliphatic rings. The van der Waals surface area contributed by atoms with Crippen molar-refractivity contribution in [3.8, 4) is 16.6 Å². The fourth-order valence-electron chi connectivity index (χ4n) is 2.28. The number of aryl methyl sites for hydroxylation is 1. The third kappa shape index (κ3) is 2.78. The second-order valence-corrected chi connectivity index (χ2v) is 5.91. The Morgan fingerprint density at radius 1 is 1.09 bits per heavy atom. The highest BCUT2D eigenvalue weighted by molar-refractivity contribution is 7.13. The number of para-hydroxylation sites is 1. The maximum Gasteiger partial charge on any atom is 0.225 e. The van der Waals surface area contributed by atoms with Crippen LogP contribution in [-0.4, -0.2) is 25.1 Å². The zero-order chi connectivity index (χ0) is 15.6. The fraction of sp³-hybridized carbons (Fsp3) is 0.125. The first-order chi connectivity index (χ1) is 11.3. The van der Waals surface area contributed by atoms with Gasteiger partial charge >= 0.3 is 0 Å². The summed E-state index contributed by atoms with van der Waals surface area (Å²) >= 11 is 1.60. The van der Waals surface area contributed by atoms with Crippen molar-refractivity contribution in [2.24, 2.45) is 0 Å². The first-order valence-corrected chi connectivity index (χ1v) is 7.99. The predicted octanol–water partition coefficient (Wildman–Crippen LogP) is 3.36. The molecule has 0 saturated heterocycles. The number of H-pyrrole nitrogens is 1. The lowest BCUT2D eigenvalue weighted by Crippen LogP contribution is -2.02. The van der Waals surface area contributed by atoms with Gasteiger partial charge in [-0.15, -0.1) is 11.3 Å². The van der Waals surface area contributed by atoms with Gasteiger partial charge in [0.15, 0.2) is 11.6 Å². The van der Waals surface area contributed by atoms with Crippen molar-refractivity contribution < 1.29 is 4.74 Å².